The molecule has 216 valence electrons. The Balaban J connectivity index is 0.000000482. The van der Waals surface area contributed by atoms with Crippen LogP contribution in [0.25, 0.3) is 0 Å². The third-order valence-electron chi connectivity index (χ3n) is 6.79. The Morgan fingerprint density at radius 2 is 1.77 bits per heavy atom. The lowest BCUT2D eigenvalue weighted by molar-refractivity contribution is -0.134. The van der Waals surface area contributed by atoms with Crippen molar-refractivity contribution in [3.05, 3.63) is 77.1 Å². The number of aryl methyl sites for hydroxylation is 1. The molecule has 0 unspecified atom stereocenters. The van der Waals surface area contributed by atoms with Crippen LogP contribution < -0.4 is 0 Å². The van der Waals surface area contributed by atoms with Crippen molar-refractivity contribution in [2.24, 2.45) is 4.99 Å². The van der Waals surface area contributed by atoms with E-state index in [1.165, 1.54) is 36.1 Å². The zero-order chi connectivity index (χ0) is 28.9. The Labute approximate surface area is 239 Å². The number of hydrogen-bond acceptors (Lipinski definition) is 7. The number of halogens is 1. The minimum absolute atomic E-state index is 0.185. The minimum atomic E-state index is -1.26. The maximum atomic E-state index is 12.9. The molecule has 0 aromatic heterocycles. The number of carboxylic acid groups (broad SMARTS) is 2. The molecule has 2 aromatic rings. The summed E-state index contributed by atoms with van der Waals surface area (Å²) in [5, 5.41) is 16.8. The first-order chi connectivity index (χ1) is 19.2. The average Bonchev–Trinajstić information content (AvgIpc) is 2.95. The topological polar surface area (TPSA) is 103 Å². The molecule has 2 heterocycles. The molecule has 1 saturated heterocycles. The highest BCUT2D eigenvalue weighted by atomic mass is 32.2. The molecule has 4 rings (SSSR count). The van der Waals surface area contributed by atoms with Gasteiger partial charge in [0.15, 0.2) is 5.17 Å². The van der Waals surface area contributed by atoms with Crippen LogP contribution in [0.15, 0.2) is 59.6 Å². The van der Waals surface area contributed by atoms with E-state index < -0.39 is 11.9 Å². The van der Waals surface area contributed by atoms with Gasteiger partial charge < -0.3 is 24.7 Å². The molecule has 2 aliphatic heterocycles. The van der Waals surface area contributed by atoms with Crippen molar-refractivity contribution in [2.45, 2.75) is 44.4 Å². The molecule has 1 fully saturated rings. The van der Waals surface area contributed by atoms with E-state index >= 15 is 0 Å². The van der Waals surface area contributed by atoms with Gasteiger partial charge in [-0.05, 0) is 61.9 Å². The Kier molecular flexibility index (Phi) is 12.6. The van der Waals surface area contributed by atoms with Crippen molar-refractivity contribution in [1.29, 1.82) is 0 Å². The van der Waals surface area contributed by atoms with E-state index in [-0.39, 0.29) is 5.82 Å². The van der Waals surface area contributed by atoms with Crippen LogP contribution in [-0.2, 0) is 26.5 Å². The monoisotopic (exact) mass is 571 g/mol. The quantitative estimate of drug-likeness (QED) is 0.299. The van der Waals surface area contributed by atoms with Crippen LogP contribution in [0.1, 0.15) is 36.0 Å². The van der Waals surface area contributed by atoms with Crippen molar-refractivity contribution < 1.29 is 28.9 Å². The molecule has 2 N–H and O–H groups in total. The maximum Gasteiger partial charge on any atom is 0.328 e. The molecule has 0 atom stereocenters. The number of aliphatic imine (C=N–C) groups is 1. The van der Waals surface area contributed by atoms with Gasteiger partial charge in [-0.1, -0.05) is 41.6 Å². The van der Waals surface area contributed by atoms with E-state index in [9.17, 15) is 14.0 Å². The SMILES string of the molecule is Cc1ccc2c(c1)CSC(N(C)C1CCN(CCCOCCc3ccc(F)cc3)CC1)=N2.O=C(O)/C=C/C(=O)O. The molecule has 2 aliphatic rings. The molecular weight excluding hydrogens is 533 g/mol. The Morgan fingerprint density at radius 1 is 1.10 bits per heavy atom. The standard InChI is InChI=1S/C26H34FN3OS.C4H4O4/c1-20-4-9-25-22(18-20)19-32-26(28-25)29(2)24-10-14-30(15-11-24)13-3-16-31-17-12-21-5-7-23(27)8-6-21;5-3(6)1-2-4(7)8/h4-9,18,24H,3,10-17,19H2,1-2H3;1-2H,(H,5,6)(H,7,8)/b;2-1+. The van der Waals surface area contributed by atoms with Crippen molar-refractivity contribution in [3.63, 3.8) is 0 Å². The normalized spacial score (nSPS) is 15.6. The third kappa shape index (κ3) is 10.7. The van der Waals surface area contributed by atoms with Crippen LogP contribution >= 0.6 is 11.8 Å². The van der Waals surface area contributed by atoms with Gasteiger partial charge in [0.1, 0.15) is 5.82 Å². The van der Waals surface area contributed by atoms with Crippen LogP contribution in [0.4, 0.5) is 10.1 Å². The summed E-state index contributed by atoms with van der Waals surface area (Å²) in [4.78, 5) is 29.0. The van der Waals surface area contributed by atoms with Crippen molar-refractivity contribution in [3.8, 4) is 0 Å². The number of aliphatic carboxylic acids is 2. The second-order valence-electron chi connectivity index (χ2n) is 9.85. The number of amidine groups is 1. The molecule has 0 spiro atoms. The summed E-state index contributed by atoms with van der Waals surface area (Å²) in [7, 11) is 2.21. The molecule has 0 amide bonds. The van der Waals surface area contributed by atoms with E-state index in [0.717, 1.165) is 61.3 Å². The summed E-state index contributed by atoms with van der Waals surface area (Å²) < 4.78 is 18.7. The number of likely N-dealkylation sites (tertiary alicyclic amines) is 1. The van der Waals surface area contributed by atoms with Gasteiger partial charge in [-0.2, -0.15) is 0 Å². The van der Waals surface area contributed by atoms with Gasteiger partial charge in [-0.25, -0.2) is 19.0 Å². The molecule has 10 heteroatoms. The van der Waals surface area contributed by atoms with Crippen molar-refractivity contribution in [1.82, 2.24) is 9.80 Å². The van der Waals surface area contributed by atoms with Gasteiger partial charge in [-0.15, -0.1) is 0 Å². The first kappa shape index (κ1) is 31.3. The second-order valence-corrected chi connectivity index (χ2v) is 10.8. The summed E-state index contributed by atoms with van der Waals surface area (Å²) in [5.41, 5.74) is 4.91. The van der Waals surface area contributed by atoms with Gasteiger partial charge in [0.2, 0.25) is 0 Å². The summed E-state index contributed by atoms with van der Waals surface area (Å²) in [6.07, 6.45) is 5.38. The third-order valence-corrected chi connectivity index (χ3v) is 7.89. The number of carboxylic acids is 2. The molecule has 0 radical (unpaired) electrons. The van der Waals surface area contributed by atoms with Crippen LogP contribution in [-0.4, -0.2) is 83.1 Å². The lowest BCUT2D eigenvalue weighted by Gasteiger charge is -2.38. The number of ether oxygens (including phenoxy) is 1. The van der Waals surface area contributed by atoms with E-state index in [1.54, 1.807) is 0 Å². The first-order valence-corrected chi connectivity index (χ1v) is 14.4. The molecule has 0 aliphatic carbocycles. The number of thioether (sulfide) groups is 1. The second kappa shape index (κ2) is 16.2. The summed E-state index contributed by atoms with van der Waals surface area (Å²) in [6.45, 7) is 6.99. The Bertz CT molecular complexity index is 1160. The van der Waals surface area contributed by atoms with E-state index in [4.69, 9.17) is 19.9 Å². The van der Waals surface area contributed by atoms with Gasteiger partial charge in [-0.3, -0.25) is 0 Å². The lowest BCUT2D eigenvalue weighted by atomic mass is 10.0. The molecule has 40 heavy (non-hydrogen) atoms. The number of carbonyl (C=O) groups is 2. The minimum Gasteiger partial charge on any atom is -0.478 e. The average molecular weight is 572 g/mol. The highest BCUT2D eigenvalue weighted by Gasteiger charge is 2.26. The molecule has 0 saturated carbocycles. The Morgan fingerprint density at radius 3 is 2.42 bits per heavy atom. The lowest BCUT2D eigenvalue weighted by Crippen LogP contribution is -2.45. The number of fused-ring (bicyclic) bond motifs is 1. The fourth-order valence-corrected chi connectivity index (χ4v) is 5.59. The van der Waals surface area contributed by atoms with Crippen LogP contribution in [0.2, 0.25) is 0 Å². The van der Waals surface area contributed by atoms with Crippen LogP contribution in [0.3, 0.4) is 0 Å². The van der Waals surface area contributed by atoms with Crippen LogP contribution in [0, 0.1) is 12.7 Å². The number of nitrogens with zero attached hydrogens (tertiary/aromatic N) is 3. The fourth-order valence-electron chi connectivity index (χ4n) is 4.56. The highest BCUT2D eigenvalue weighted by molar-refractivity contribution is 8.13. The Hall–Kier alpha value is -3.21. The fraction of sp³-hybridized carbons (Fsp3) is 0.433. The largest absolute Gasteiger partial charge is 0.478 e. The number of hydrogen-bond donors (Lipinski definition) is 2. The predicted octanol–water partition coefficient (Wildman–Crippen LogP) is 5.13. The van der Waals surface area contributed by atoms with Gasteiger partial charge in [0.05, 0.1) is 12.3 Å². The number of benzene rings is 2. The molecule has 0 bridgehead atoms. The van der Waals surface area contributed by atoms with Gasteiger partial charge >= 0.3 is 11.9 Å². The molecule has 8 nitrogen and oxygen atoms in total. The first-order valence-electron chi connectivity index (χ1n) is 13.4. The summed E-state index contributed by atoms with van der Waals surface area (Å²) >= 11 is 1.86. The maximum absolute atomic E-state index is 12.9. The van der Waals surface area contributed by atoms with E-state index in [2.05, 4.69) is 42.0 Å². The van der Waals surface area contributed by atoms with Crippen molar-refractivity contribution >= 4 is 34.6 Å². The summed E-state index contributed by atoms with van der Waals surface area (Å²) in [6, 6.07) is 13.8. The smallest absolute Gasteiger partial charge is 0.328 e. The molecular formula is C30H38FN3O5S. The van der Waals surface area contributed by atoms with E-state index in [1.807, 2.05) is 23.9 Å². The highest BCUT2D eigenvalue weighted by Crippen LogP contribution is 2.33. The van der Waals surface area contributed by atoms with E-state index in [0.29, 0.717) is 24.8 Å². The number of piperidine rings is 1. The zero-order valence-electron chi connectivity index (χ0n) is 23.1. The van der Waals surface area contributed by atoms with Gasteiger partial charge in [0, 0.05) is 57.2 Å². The summed E-state index contributed by atoms with van der Waals surface area (Å²) in [5.74, 6) is -1.68. The zero-order valence-corrected chi connectivity index (χ0v) is 23.9. The number of rotatable bonds is 10. The van der Waals surface area contributed by atoms with Crippen molar-refractivity contribution in [2.75, 3.05) is 39.9 Å². The predicted molar refractivity (Wildman–Crippen MR) is 157 cm³/mol. The molecule has 2 aromatic carbocycles. The van der Waals surface area contributed by atoms with Gasteiger partial charge in [0.25, 0.3) is 0 Å². The van der Waals surface area contributed by atoms with Crippen LogP contribution in [0.5, 0.6) is 0 Å².